The zero-order chi connectivity index (χ0) is 11.7. The number of nitrogens with one attached hydrogen (secondary N) is 2. The predicted octanol–water partition coefficient (Wildman–Crippen LogP) is 0.357. The summed E-state index contributed by atoms with van der Waals surface area (Å²) in [7, 11) is 0. The molecule has 1 aliphatic rings. The number of carbonyl (C=O) groups is 2. The molecule has 0 spiro atoms. The number of amides is 2. The van der Waals surface area contributed by atoms with Gasteiger partial charge in [-0.1, -0.05) is 0 Å². The van der Waals surface area contributed by atoms with Gasteiger partial charge in [0.2, 0.25) is 11.9 Å². The second kappa shape index (κ2) is 3.96. The topological polar surface area (TPSA) is 78.1 Å². The molecule has 2 N–H and O–H groups in total. The van der Waals surface area contributed by atoms with Crippen molar-refractivity contribution in [3.63, 3.8) is 0 Å². The van der Waals surface area contributed by atoms with Gasteiger partial charge in [-0.15, -0.1) is 0 Å². The lowest BCUT2D eigenvalue weighted by atomic mass is 10.2. The molecule has 1 saturated heterocycles. The van der Waals surface area contributed by atoms with Crippen LogP contribution in [0.4, 0.5) is 5.95 Å². The Hall–Kier alpha value is -1.85. The third kappa shape index (κ3) is 1.78. The number of hydrogen-bond acceptors (Lipinski definition) is 4. The van der Waals surface area contributed by atoms with E-state index < -0.39 is 6.04 Å². The molecule has 0 aliphatic carbocycles. The van der Waals surface area contributed by atoms with Crippen molar-refractivity contribution >= 4 is 17.8 Å². The standard InChI is InChI=1S/C10H14N4O2/c1-6(2)14-8(15)5-7(9(14)16)13-10-11-3-4-12-10/h3-4,6-7H,5H2,1-2H3,(H2,11,12,13). The lowest BCUT2D eigenvalue weighted by Gasteiger charge is -2.18. The number of imidazole rings is 1. The minimum Gasteiger partial charge on any atom is -0.343 e. The van der Waals surface area contributed by atoms with E-state index in [1.165, 1.54) is 4.90 Å². The van der Waals surface area contributed by atoms with E-state index in [4.69, 9.17) is 0 Å². The lowest BCUT2D eigenvalue weighted by Crippen LogP contribution is -2.39. The van der Waals surface area contributed by atoms with Crippen molar-refractivity contribution in [2.75, 3.05) is 5.32 Å². The van der Waals surface area contributed by atoms with Crippen LogP contribution in [0.1, 0.15) is 20.3 Å². The van der Waals surface area contributed by atoms with E-state index in [0.717, 1.165) is 0 Å². The van der Waals surface area contributed by atoms with Crippen LogP contribution in [-0.4, -0.2) is 38.8 Å². The van der Waals surface area contributed by atoms with Crippen molar-refractivity contribution in [1.29, 1.82) is 0 Å². The van der Waals surface area contributed by atoms with E-state index in [0.29, 0.717) is 5.95 Å². The summed E-state index contributed by atoms with van der Waals surface area (Å²) in [5.41, 5.74) is 0. The quantitative estimate of drug-likeness (QED) is 0.724. The lowest BCUT2D eigenvalue weighted by molar-refractivity contribution is -0.140. The molecule has 1 atom stereocenters. The van der Waals surface area contributed by atoms with Gasteiger partial charge in [0.05, 0.1) is 6.42 Å². The minimum atomic E-state index is -0.499. The van der Waals surface area contributed by atoms with Crippen molar-refractivity contribution in [2.24, 2.45) is 0 Å². The van der Waals surface area contributed by atoms with Crippen LogP contribution in [0.2, 0.25) is 0 Å². The Balaban J connectivity index is 2.09. The summed E-state index contributed by atoms with van der Waals surface area (Å²) in [6.45, 7) is 3.65. The molecule has 1 aliphatic heterocycles. The molecule has 6 heteroatoms. The van der Waals surface area contributed by atoms with Gasteiger partial charge in [-0.2, -0.15) is 0 Å². The highest BCUT2D eigenvalue weighted by Crippen LogP contribution is 2.18. The van der Waals surface area contributed by atoms with E-state index in [-0.39, 0.29) is 24.3 Å². The van der Waals surface area contributed by atoms with Gasteiger partial charge in [0.1, 0.15) is 6.04 Å². The SMILES string of the molecule is CC(C)N1C(=O)CC(Nc2ncc[nH]2)C1=O. The zero-order valence-electron chi connectivity index (χ0n) is 9.23. The number of aromatic nitrogens is 2. The Labute approximate surface area is 93.0 Å². The molecule has 2 rings (SSSR count). The molecule has 1 aromatic heterocycles. The molecule has 1 aromatic rings. The Morgan fingerprint density at radius 2 is 2.31 bits per heavy atom. The normalized spacial score (nSPS) is 20.9. The number of imide groups is 1. The third-order valence-corrected chi connectivity index (χ3v) is 2.51. The van der Waals surface area contributed by atoms with Crippen LogP contribution in [0.3, 0.4) is 0 Å². The van der Waals surface area contributed by atoms with Gasteiger partial charge in [0.15, 0.2) is 0 Å². The molecule has 0 radical (unpaired) electrons. The van der Waals surface area contributed by atoms with Crippen LogP contribution in [0.5, 0.6) is 0 Å². The Kier molecular flexibility index (Phi) is 2.64. The maximum atomic E-state index is 11.9. The van der Waals surface area contributed by atoms with E-state index in [1.54, 1.807) is 12.4 Å². The van der Waals surface area contributed by atoms with Crippen molar-refractivity contribution in [2.45, 2.75) is 32.4 Å². The van der Waals surface area contributed by atoms with Crippen LogP contribution in [0, 0.1) is 0 Å². The summed E-state index contributed by atoms with van der Waals surface area (Å²) in [5.74, 6) is 0.192. The van der Waals surface area contributed by atoms with Crippen molar-refractivity contribution in [3.8, 4) is 0 Å². The average molecular weight is 222 g/mol. The van der Waals surface area contributed by atoms with Gasteiger partial charge in [-0.25, -0.2) is 4.98 Å². The number of aromatic amines is 1. The molecule has 0 saturated carbocycles. The predicted molar refractivity (Wildman–Crippen MR) is 57.6 cm³/mol. The molecular weight excluding hydrogens is 208 g/mol. The third-order valence-electron chi connectivity index (χ3n) is 2.51. The van der Waals surface area contributed by atoms with E-state index in [2.05, 4.69) is 15.3 Å². The van der Waals surface area contributed by atoms with Crippen molar-refractivity contribution < 1.29 is 9.59 Å². The van der Waals surface area contributed by atoms with Gasteiger partial charge in [-0.3, -0.25) is 14.5 Å². The van der Waals surface area contributed by atoms with Crippen LogP contribution < -0.4 is 5.32 Å². The first-order valence-corrected chi connectivity index (χ1v) is 5.21. The summed E-state index contributed by atoms with van der Waals surface area (Å²) in [6, 6.07) is -0.593. The fraction of sp³-hybridized carbons (Fsp3) is 0.500. The molecule has 2 heterocycles. The molecule has 86 valence electrons. The van der Waals surface area contributed by atoms with Crippen LogP contribution in [0.15, 0.2) is 12.4 Å². The summed E-state index contributed by atoms with van der Waals surface area (Å²) in [6.07, 6.45) is 3.44. The second-order valence-electron chi connectivity index (χ2n) is 4.03. The second-order valence-corrected chi connectivity index (χ2v) is 4.03. The first kappa shape index (κ1) is 10.7. The number of hydrogen-bond donors (Lipinski definition) is 2. The number of anilines is 1. The number of H-pyrrole nitrogens is 1. The van der Waals surface area contributed by atoms with Crippen molar-refractivity contribution in [3.05, 3.63) is 12.4 Å². The highest BCUT2D eigenvalue weighted by Gasteiger charge is 2.40. The fourth-order valence-electron chi connectivity index (χ4n) is 1.82. The molecular formula is C10H14N4O2. The summed E-state index contributed by atoms with van der Waals surface area (Å²) in [5, 5.41) is 2.91. The number of rotatable bonds is 3. The highest BCUT2D eigenvalue weighted by molar-refractivity contribution is 6.06. The number of nitrogens with zero attached hydrogens (tertiary/aromatic N) is 2. The Morgan fingerprint density at radius 3 is 2.81 bits per heavy atom. The zero-order valence-corrected chi connectivity index (χ0v) is 9.23. The first-order valence-electron chi connectivity index (χ1n) is 5.21. The van der Waals surface area contributed by atoms with Gasteiger partial charge in [-0.05, 0) is 13.8 Å². The summed E-state index contributed by atoms with van der Waals surface area (Å²) >= 11 is 0. The largest absolute Gasteiger partial charge is 0.343 e. The first-order chi connectivity index (χ1) is 7.59. The monoisotopic (exact) mass is 222 g/mol. The molecule has 6 nitrogen and oxygen atoms in total. The number of carbonyl (C=O) groups excluding carboxylic acids is 2. The molecule has 1 fully saturated rings. The molecule has 1 unspecified atom stereocenters. The maximum absolute atomic E-state index is 11.9. The Morgan fingerprint density at radius 1 is 1.56 bits per heavy atom. The molecule has 0 aromatic carbocycles. The van der Waals surface area contributed by atoms with Crippen LogP contribution >= 0.6 is 0 Å². The number of likely N-dealkylation sites (tertiary alicyclic amines) is 1. The Bertz CT molecular complexity index is 399. The van der Waals surface area contributed by atoms with Gasteiger partial charge < -0.3 is 10.3 Å². The van der Waals surface area contributed by atoms with E-state index in [9.17, 15) is 9.59 Å². The van der Waals surface area contributed by atoms with Crippen molar-refractivity contribution in [1.82, 2.24) is 14.9 Å². The highest BCUT2D eigenvalue weighted by atomic mass is 16.2. The van der Waals surface area contributed by atoms with Gasteiger partial charge in [0, 0.05) is 18.4 Å². The van der Waals surface area contributed by atoms with E-state index >= 15 is 0 Å². The van der Waals surface area contributed by atoms with Crippen LogP contribution in [0.25, 0.3) is 0 Å². The summed E-state index contributed by atoms with van der Waals surface area (Å²) < 4.78 is 0. The smallest absolute Gasteiger partial charge is 0.252 e. The average Bonchev–Trinajstić information content (AvgIpc) is 2.76. The van der Waals surface area contributed by atoms with E-state index in [1.807, 2.05) is 13.8 Å². The molecule has 16 heavy (non-hydrogen) atoms. The molecule has 2 amide bonds. The minimum absolute atomic E-state index is 0.0941. The maximum Gasteiger partial charge on any atom is 0.252 e. The summed E-state index contributed by atoms with van der Waals surface area (Å²) in [4.78, 5) is 31.6. The van der Waals surface area contributed by atoms with Gasteiger partial charge in [0.25, 0.3) is 5.91 Å². The van der Waals surface area contributed by atoms with Crippen LogP contribution in [-0.2, 0) is 9.59 Å². The van der Waals surface area contributed by atoms with Gasteiger partial charge >= 0.3 is 0 Å². The fourth-order valence-corrected chi connectivity index (χ4v) is 1.82. The molecule has 0 bridgehead atoms.